The number of nitro groups is 1. The van der Waals surface area contributed by atoms with Gasteiger partial charge < -0.3 is 14.7 Å². The minimum Gasteiger partial charge on any atom is -0.494 e. The molecule has 0 radical (unpaired) electrons. The standard InChI is InChI=1S/C15H20N2O5/c18-15(19)13-11-12(5-6-14(13)17(20)21)22-10-4-9-16-7-2-1-3-8-16/h5-6,11H,1-4,7-10H2,(H,18,19). The zero-order valence-electron chi connectivity index (χ0n) is 12.4. The van der Waals surface area contributed by atoms with Gasteiger partial charge in [-0.25, -0.2) is 4.79 Å². The topological polar surface area (TPSA) is 92.9 Å². The summed E-state index contributed by atoms with van der Waals surface area (Å²) in [4.78, 5) is 23.5. The monoisotopic (exact) mass is 308 g/mol. The number of hydrogen-bond donors (Lipinski definition) is 1. The molecule has 0 spiro atoms. The molecule has 1 aromatic carbocycles. The van der Waals surface area contributed by atoms with Crippen molar-refractivity contribution < 1.29 is 19.6 Å². The van der Waals surface area contributed by atoms with E-state index in [0.717, 1.165) is 26.1 Å². The van der Waals surface area contributed by atoms with E-state index in [-0.39, 0.29) is 5.56 Å². The van der Waals surface area contributed by atoms with Crippen LogP contribution >= 0.6 is 0 Å². The molecule has 0 atom stereocenters. The van der Waals surface area contributed by atoms with Crippen LogP contribution in [0, 0.1) is 10.1 Å². The molecule has 1 fully saturated rings. The summed E-state index contributed by atoms with van der Waals surface area (Å²) in [6, 6.07) is 3.82. The number of piperidine rings is 1. The highest BCUT2D eigenvalue weighted by molar-refractivity contribution is 5.92. The average Bonchev–Trinajstić information content (AvgIpc) is 2.52. The predicted octanol–water partition coefficient (Wildman–Crippen LogP) is 2.55. The summed E-state index contributed by atoms with van der Waals surface area (Å²) < 4.78 is 5.51. The maximum Gasteiger partial charge on any atom is 0.342 e. The Balaban J connectivity index is 1.86. The first-order valence-electron chi connectivity index (χ1n) is 7.45. The summed E-state index contributed by atoms with van der Waals surface area (Å²) in [6.45, 7) is 3.67. The molecule has 1 aliphatic rings. The van der Waals surface area contributed by atoms with E-state index in [1.165, 1.54) is 37.5 Å². The van der Waals surface area contributed by atoms with Gasteiger partial charge >= 0.3 is 5.97 Å². The van der Waals surface area contributed by atoms with E-state index in [4.69, 9.17) is 9.84 Å². The molecule has 0 aliphatic carbocycles. The van der Waals surface area contributed by atoms with E-state index >= 15 is 0 Å². The van der Waals surface area contributed by atoms with Crippen LogP contribution in [0.25, 0.3) is 0 Å². The summed E-state index contributed by atoms with van der Waals surface area (Å²) in [5.74, 6) is -0.980. The summed E-state index contributed by atoms with van der Waals surface area (Å²) >= 11 is 0. The van der Waals surface area contributed by atoms with Crippen LogP contribution in [-0.2, 0) is 0 Å². The number of nitrogens with zero attached hydrogens (tertiary/aromatic N) is 2. The number of carboxylic acid groups (broad SMARTS) is 1. The van der Waals surface area contributed by atoms with Crippen LogP contribution in [0.3, 0.4) is 0 Å². The Labute approximate surface area is 128 Å². The fourth-order valence-electron chi connectivity index (χ4n) is 2.60. The van der Waals surface area contributed by atoms with Gasteiger partial charge in [-0.05, 0) is 38.4 Å². The van der Waals surface area contributed by atoms with E-state index in [1.807, 2.05) is 0 Å². The zero-order chi connectivity index (χ0) is 15.9. The first-order chi connectivity index (χ1) is 10.6. The van der Waals surface area contributed by atoms with Gasteiger partial charge in [0.05, 0.1) is 11.5 Å². The van der Waals surface area contributed by atoms with Crippen LogP contribution in [0.2, 0.25) is 0 Å². The lowest BCUT2D eigenvalue weighted by Crippen LogP contribution is -2.31. The molecule has 0 aromatic heterocycles. The van der Waals surface area contributed by atoms with E-state index in [1.54, 1.807) is 0 Å². The van der Waals surface area contributed by atoms with Gasteiger partial charge in [0.1, 0.15) is 11.3 Å². The fourth-order valence-corrected chi connectivity index (χ4v) is 2.60. The summed E-state index contributed by atoms with van der Waals surface area (Å²) in [5, 5.41) is 19.8. The molecule has 120 valence electrons. The van der Waals surface area contributed by atoms with Crippen LogP contribution in [0.1, 0.15) is 36.0 Å². The van der Waals surface area contributed by atoms with Gasteiger partial charge in [-0.15, -0.1) is 0 Å². The lowest BCUT2D eigenvalue weighted by molar-refractivity contribution is -0.385. The lowest BCUT2D eigenvalue weighted by Gasteiger charge is -2.26. The fraction of sp³-hybridized carbons (Fsp3) is 0.533. The minimum atomic E-state index is -1.33. The number of likely N-dealkylation sites (tertiary alicyclic amines) is 1. The van der Waals surface area contributed by atoms with E-state index in [0.29, 0.717) is 12.4 Å². The van der Waals surface area contributed by atoms with Crippen molar-refractivity contribution in [3.63, 3.8) is 0 Å². The van der Waals surface area contributed by atoms with E-state index in [2.05, 4.69) is 4.90 Å². The largest absolute Gasteiger partial charge is 0.494 e. The molecular formula is C15H20N2O5. The Morgan fingerprint density at radius 3 is 2.68 bits per heavy atom. The molecule has 7 heteroatoms. The third-order valence-electron chi connectivity index (χ3n) is 3.73. The maximum atomic E-state index is 11.0. The molecule has 2 rings (SSSR count). The second-order valence-electron chi connectivity index (χ2n) is 5.35. The van der Waals surface area contributed by atoms with Crippen molar-refractivity contribution in [1.29, 1.82) is 0 Å². The van der Waals surface area contributed by atoms with Gasteiger partial charge in [0, 0.05) is 18.7 Å². The number of carbonyl (C=O) groups is 1. The highest BCUT2D eigenvalue weighted by Gasteiger charge is 2.20. The first kappa shape index (κ1) is 16.2. The second kappa shape index (κ2) is 7.74. The molecule has 22 heavy (non-hydrogen) atoms. The lowest BCUT2D eigenvalue weighted by atomic mass is 10.1. The highest BCUT2D eigenvalue weighted by Crippen LogP contribution is 2.24. The first-order valence-corrected chi connectivity index (χ1v) is 7.45. The van der Waals surface area contributed by atoms with E-state index < -0.39 is 16.6 Å². The van der Waals surface area contributed by atoms with Crippen LogP contribution in [0.5, 0.6) is 5.75 Å². The average molecular weight is 308 g/mol. The minimum absolute atomic E-state index is 0.349. The zero-order valence-corrected chi connectivity index (χ0v) is 12.4. The van der Waals surface area contributed by atoms with Gasteiger partial charge in [0.2, 0.25) is 0 Å². The van der Waals surface area contributed by atoms with Gasteiger partial charge in [-0.2, -0.15) is 0 Å². The smallest absolute Gasteiger partial charge is 0.342 e. The van der Waals surface area contributed by atoms with Crippen molar-refractivity contribution in [3.05, 3.63) is 33.9 Å². The Morgan fingerprint density at radius 1 is 1.32 bits per heavy atom. The number of carboxylic acids is 1. The SMILES string of the molecule is O=C(O)c1cc(OCCCN2CCCCC2)ccc1[N+](=O)[O-]. The normalized spacial score (nSPS) is 15.5. The van der Waals surface area contributed by atoms with Crippen molar-refractivity contribution in [2.75, 3.05) is 26.2 Å². The van der Waals surface area contributed by atoms with Crippen molar-refractivity contribution in [2.24, 2.45) is 0 Å². The van der Waals surface area contributed by atoms with Crippen molar-refractivity contribution in [3.8, 4) is 5.75 Å². The molecular weight excluding hydrogens is 288 g/mol. The Kier molecular flexibility index (Phi) is 5.71. The molecule has 0 saturated carbocycles. The van der Waals surface area contributed by atoms with Crippen molar-refractivity contribution in [1.82, 2.24) is 4.90 Å². The molecule has 1 aromatic rings. The summed E-state index contributed by atoms with van der Waals surface area (Å²) in [7, 11) is 0. The van der Waals surface area contributed by atoms with Crippen molar-refractivity contribution >= 4 is 11.7 Å². The molecule has 0 unspecified atom stereocenters. The third kappa shape index (κ3) is 4.42. The summed E-state index contributed by atoms with van der Waals surface area (Å²) in [6.07, 6.45) is 4.63. The quantitative estimate of drug-likeness (QED) is 0.473. The Hall–Kier alpha value is -2.15. The van der Waals surface area contributed by atoms with E-state index in [9.17, 15) is 14.9 Å². The predicted molar refractivity (Wildman–Crippen MR) is 80.5 cm³/mol. The van der Waals surface area contributed by atoms with Gasteiger partial charge in [0.15, 0.2) is 0 Å². The number of hydrogen-bond acceptors (Lipinski definition) is 5. The van der Waals surface area contributed by atoms with Gasteiger partial charge in [-0.1, -0.05) is 6.42 Å². The third-order valence-corrected chi connectivity index (χ3v) is 3.73. The second-order valence-corrected chi connectivity index (χ2v) is 5.35. The van der Waals surface area contributed by atoms with Crippen LogP contribution in [0.4, 0.5) is 5.69 Å². The number of rotatable bonds is 7. The number of nitro benzene ring substituents is 1. The maximum absolute atomic E-state index is 11.0. The number of aromatic carboxylic acids is 1. The Bertz CT molecular complexity index is 541. The molecule has 1 saturated heterocycles. The molecule has 7 nitrogen and oxygen atoms in total. The van der Waals surface area contributed by atoms with Gasteiger partial charge in [0.25, 0.3) is 5.69 Å². The number of ether oxygens (including phenoxy) is 1. The summed E-state index contributed by atoms with van der Waals surface area (Å²) in [5.41, 5.74) is -0.772. The van der Waals surface area contributed by atoms with Crippen LogP contribution in [0.15, 0.2) is 18.2 Å². The molecule has 1 N–H and O–H groups in total. The van der Waals surface area contributed by atoms with Gasteiger partial charge in [-0.3, -0.25) is 10.1 Å². The molecule has 0 amide bonds. The number of benzene rings is 1. The van der Waals surface area contributed by atoms with Crippen LogP contribution < -0.4 is 4.74 Å². The molecule has 0 bridgehead atoms. The molecule has 1 heterocycles. The Morgan fingerprint density at radius 2 is 2.05 bits per heavy atom. The highest BCUT2D eigenvalue weighted by atomic mass is 16.6. The molecule has 1 aliphatic heterocycles. The van der Waals surface area contributed by atoms with Crippen molar-refractivity contribution in [2.45, 2.75) is 25.7 Å². The van der Waals surface area contributed by atoms with Crippen LogP contribution in [-0.4, -0.2) is 47.1 Å².